The number of aromatic nitrogens is 4. The molecule has 1 aromatic rings. The van der Waals surface area contributed by atoms with E-state index in [1.165, 1.54) is 0 Å². The predicted octanol–water partition coefficient (Wildman–Crippen LogP) is 0.487. The summed E-state index contributed by atoms with van der Waals surface area (Å²) < 4.78 is 0. The van der Waals surface area contributed by atoms with Crippen LogP contribution in [0.4, 0.5) is 0 Å². The van der Waals surface area contributed by atoms with E-state index in [4.69, 9.17) is 0 Å². The summed E-state index contributed by atoms with van der Waals surface area (Å²) in [4.78, 5) is 1.56. The van der Waals surface area contributed by atoms with Crippen molar-refractivity contribution in [1.82, 2.24) is 25.5 Å². The van der Waals surface area contributed by atoms with Crippen LogP contribution in [0.25, 0.3) is 0 Å². The second-order valence-electron chi connectivity index (χ2n) is 4.66. The van der Waals surface area contributed by atoms with Gasteiger partial charge in [-0.1, -0.05) is 13.8 Å². The molecule has 0 saturated carbocycles. The van der Waals surface area contributed by atoms with Gasteiger partial charge in [-0.25, -0.2) is 0 Å². The second-order valence-corrected chi connectivity index (χ2v) is 4.66. The number of tetrazole rings is 1. The molecule has 5 heteroatoms. The molecule has 1 fully saturated rings. The third-order valence-electron chi connectivity index (χ3n) is 3.55. The maximum Gasteiger partial charge on any atom is 0.181 e. The normalized spacial score (nSPS) is 20.8. The molecule has 0 amide bonds. The van der Waals surface area contributed by atoms with E-state index in [-0.39, 0.29) is 5.41 Å². The molecule has 1 aliphatic heterocycles. The van der Waals surface area contributed by atoms with E-state index in [2.05, 4.69) is 34.6 Å². The summed E-state index contributed by atoms with van der Waals surface area (Å²) in [6, 6.07) is 0. The highest BCUT2D eigenvalue weighted by molar-refractivity contribution is 5.09. The zero-order chi connectivity index (χ0) is 10.9. The summed E-state index contributed by atoms with van der Waals surface area (Å²) in [7, 11) is 1.83. The van der Waals surface area contributed by atoms with Crippen molar-refractivity contribution in [3.63, 3.8) is 0 Å². The number of nitrogens with zero attached hydrogens (tertiary/aromatic N) is 4. The van der Waals surface area contributed by atoms with Gasteiger partial charge in [0.1, 0.15) is 0 Å². The molecule has 1 aliphatic rings. The van der Waals surface area contributed by atoms with Crippen LogP contribution in [0, 0.1) is 5.92 Å². The van der Waals surface area contributed by atoms with Crippen molar-refractivity contribution in [2.24, 2.45) is 13.0 Å². The number of aryl methyl sites for hydroxylation is 1. The molecule has 1 aromatic heterocycles. The van der Waals surface area contributed by atoms with Crippen molar-refractivity contribution >= 4 is 0 Å². The van der Waals surface area contributed by atoms with E-state index in [1.807, 2.05) is 7.05 Å². The SMILES string of the molecule is CC(C)C1(c2nnn(C)n2)CCNCC1. The van der Waals surface area contributed by atoms with Gasteiger partial charge < -0.3 is 5.32 Å². The zero-order valence-corrected chi connectivity index (χ0v) is 9.69. The molecule has 2 rings (SSSR count). The van der Waals surface area contributed by atoms with Crippen LogP contribution in [0.2, 0.25) is 0 Å². The summed E-state index contributed by atoms with van der Waals surface area (Å²) >= 11 is 0. The summed E-state index contributed by atoms with van der Waals surface area (Å²) in [5, 5.41) is 15.9. The Hall–Kier alpha value is -0.970. The van der Waals surface area contributed by atoms with Crippen LogP contribution in [0.3, 0.4) is 0 Å². The van der Waals surface area contributed by atoms with E-state index in [0.717, 1.165) is 31.8 Å². The molecule has 0 bridgehead atoms. The van der Waals surface area contributed by atoms with E-state index in [1.54, 1.807) is 4.80 Å². The Morgan fingerprint density at radius 2 is 2.00 bits per heavy atom. The number of piperidine rings is 1. The van der Waals surface area contributed by atoms with E-state index in [0.29, 0.717) is 5.92 Å². The van der Waals surface area contributed by atoms with E-state index in [9.17, 15) is 0 Å². The lowest BCUT2D eigenvalue weighted by Crippen LogP contribution is -2.44. The van der Waals surface area contributed by atoms with Crippen molar-refractivity contribution < 1.29 is 0 Å². The fourth-order valence-corrected chi connectivity index (χ4v) is 2.42. The van der Waals surface area contributed by atoms with Gasteiger partial charge in [0, 0.05) is 5.41 Å². The van der Waals surface area contributed by atoms with Crippen LogP contribution in [0.5, 0.6) is 0 Å². The molecule has 1 N–H and O–H groups in total. The van der Waals surface area contributed by atoms with Crippen molar-refractivity contribution in [1.29, 1.82) is 0 Å². The molecule has 15 heavy (non-hydrogen) atoms. The Morgan fingerprint density at radius 1 is 1.33 bits per heavy atom. The molecule has 2 heterocycles. The van der Waals surface area contributed by atoms with Crippen molar-refractivity contribution in [2.75, 3.05) is 13.1 Å². The van der Waals surface area contributed by atoms with Gasteiger partial charge in [-0.2, -0.15) is 4.80 Å². The third kappa shape index (κ3) is 1.76. The average Bonchev–Trinajstić information content (AvgIpc) is 2.66. The van der Waals surface area contributed by atoms with Gasteiger partial charge in [-0.15, -0.1) is 10.2 Å². The number of nitrogens with one attached hydrogen (secondary N) is 1. The maximum absolute atomic E-state index is 4.39. The van der Waals surface area contributed by atoms with Crippen LogP contribution in [0.1, 0.15) is 32.5 Å². The molecule has 0 radical (unpaired) electrons. The minimum Gasteiger partial charge on any atom is -0.317 e. The van der Waals surface area contributed by atoms with Crippen LogP contribution >= 0.6 is 0 Å². The van der Waals surface area contributed by atoms with Gasteiger partial charge in [-0.3, -0.25) is 0 Å². The molecule has 0 aromatic carbocycles. The van der Waals surface area contributed by atoms with Gasteiger partial charge in [0.15, 0.2) is 5.82 Å². The van der Waals surface area contributed by atoms with Crippen LogP contribution in [-0.2, 0) is 12.5 Å². The second kappa shape index (κ2) is 3.89. The summed E-state index contributed by atoms with van der Waals surface area (Å²) in [5.74, 6) is 1.48. The molecule has 0 aliphatic carbocycles. The van der Waals surface area contributed by atoms with Gasteiger partial charge in [0.05, 0.1) is 7.05 Å². The average molecular weight is 209 g/mol. The lowest BCUT2D eigenvalue weighted by molar-refractivity contribution is 0.214. The minimum atomic E-state index is 0.125. The maximum atomic E-state index is 4.39. The van der Waals surface area contributed by atoms with E-state index >= 15 is 0 Å². The first kappa shape index (κ1) is 10.5. The quantitative estimate of drug-likeness (QED) is 0.770. The van der Waals surface area contributed by atoms with Crippen LogP contribution in [-0.4, -0.2) is 33.3 Å². The van der Waals surface area contributed by atoms with Crippen molar-refractivity contribution in [3.05, 3.63) is 5.82 Å². The van der Waals surface area contributed by atoms with Crippen molar-refractivity contribution in [2.45, 2.75) is 32.1 Å². The highest BCUT2D eigenvalue weighted by atomic mass is 15.6. The number of hydrogen-bond donors (Lipinski definition) is 1. The Kier molecular flexibility index (Phi) is 2.73. The summed E-state index contributed by atoms with van der Waals surface area (Å²) in [6.45, 7) is 6.61. The largest absolute Gasteiger partial charge is 0.317 e. The summed E-state index contributed by atoms with van der Waals surface area (Å²) in [5.41, 5.74) is 0.125. The molecular formula is C10H19N5. The number of hydrogen-bond acceptors (Lipinski definition) is 4. The molecule has 0 spiro atoms. The fourth-order valence-electron chi connectivity index (χ4n) is 2.42. The minimum absolute atomic E-state index is 0.125. The molecule has 0 atom stereocenters. The van der Waals surface area contributed by atoms with Crippen molar-refractivity contribution in [3.8, 4) is 0 Å². The van der Waals surface area contributed by atoms with E-state index < -0.39 is 0 Å². The van der Waals surface area contributed by atoms with Crippen LogP contribution < -0.4 is 5.32 Å². The standard InChI is InChI=1S/C10H19N5/c1-8(2)10(4-6-11-7-5-10)9-12-14-15(3)13-9/h8,11H,4-7H2,1-3H3. The highest BCUT2D eigenvalue weighted by Gasteiger charge is 2.40. The Balaban J connectivity index is 2.33. The molecular weight excluding hydrogens is 190 g/mol. The first-order valence-corrected chi connectivity index (χ1v) is 5.60. The Morgan fingerprint density at radius 3 is 2.47 bits per heavy atom. The smallest absolute Gasteiger partial charge is 0.181 e. The lowest BCUT2D eigenvalue weighted by Gasteiger charge is -2.38. The fraction of sp³-hybridized carbons (Fsp3) is 0.900. The van der Waals surface area contributed by atoms with Crippen LogP contribution in [0.15, 0.2) is 0 Å². The zero-order valence-electron chi connectivity index (χ0n) is 9.69. The van der Waals surface area contributed by atoms with Gasteiger partial charge in [0.2, 0.25) is 0 Å². The molecule has 1 saturated heterocycles. The highest BCUT2D eigenvalue weighted by Crippen LogP contribution is 2.37. The monoisotopic (exact) mass is 209 g/mol. The lowest BCUT2D eigenvalue weighted by atomic mass is 9.70. The Bertz CT molecular complexity index is 324. The van der Waals surface area contributed by atoms with Gasteiger partial charge >= 0.3 is 0 Å². The third-order valence-corrected chi connectivity index (χ3v) is 3.55. The molecule has 0 unspecified atom stereocenters. The van der Waals surface area contributed by atoms with Gasteiger partial charge in [-0.05, 0) is 37.1 Å². The first-order chi connectivity index (χ1) is 7.15. The topological polar surface area (TPSA) is 55.6 Å². The number of rotatable bonds is 2. The predicted molar refractivity (Wildman–Crippen MR) is 57.4 cm³/mol. The summed E-state index contributed by atoms with van der Waals surface area (Å²) in [6.07, 6.45) is 2.22. The molecule has 5 nitrogen and oxygen atoms in total. The Labute approximate surface area is 90.2 Å². The molecule has 84 valence electrons. The van der Waals surface area contributed by atoms with Gasteiger partial charge in [0.25, 0.3) is 0 Å². The first-order valence-electron chi connectivity index (χ1n) is 5.60.